The molecule has 0 saturated heterocycles. The van der Waals surface area contributed by atoms with Crippen LogP contribution in [0.1, 0.15) is 25.8 Å². The van der Waals surface area contributed by atoms with Crippen LogP contribution in [-0.4, -0.2) is 29.6 Å². The van der Waals surface area contributed by atoms with Crippen molar-refractivity contribution in [2.24, 2.45) is 5.92 Å². The number of carbonyl (C=O) groups excluding carboxylic acids is 1. The first-order valence-electron chi connectivity index (χ1n) is 6.65. The molecule has 0 aliphatic heterocycles. The van der Waals surface area contributed by atoms with Crippen LogP contribution in [-0.2, 0) is 9.59 Å². The Kier molecular flexibility index (Phi) is 6.21. The van der Waals surface area contributed by atoms with Gasteiger partial charge in [0.15, 0.2) is 6.10 Å². The van der Waals surface area contributed by atoms with Gasteiger partial charge in [0, 0.05) is 6.54 Å². The van der Waals surface area contributed by atoms with Gasteiger partial charge in [0.05, 0.1) is 17.6 Å². The predicted molar refractivity (Wildman–Crippen MR) is 75.7 cm³/mol. The molecule has 0 fully saturated rings. The van der Waals surface area contributed by atoms with Crippen LogP contribution >= 0.6 is 0 Å². The maximum Gasteiger partial charge on any atom is 0.308 e. The van der Waals surface area contributed by atoms with Crippen molar-refractivity contribution in [2.75, 3.05) is 6.54 Å². The molecule has 6 heteroatoms. The molecule has 112 valence electrons. The lowest BCUT2D eigenvalue weighted by molar-refractivity contribution is -0.141. The monoisotopic (exact) mass is 290 g/mol. The number of nitrogens with zero attached hydrogens (tertiary/aromatic N) is 1. The van der Waals surface area contributed by atoms with Crippen molar-refractivity contribution < 1.29 is 19.4 Å². The average Bonchev–Trinajstić information content (AvgIpc) is 2.48. The van der Waals surface area contributed by atoms with E-state index in [-0.39, 0.29) is 12.5 Å². The van der Waals surface area contributed by atoms with E-state index in [1.54, 1.807) is 38.1 Å². The highest BCUT2D eigenvalue weighted by Gasteiger charge is 2.19. The molecule has 1 aromatic rings. The van der Waals surface area contributed by atoms with Crippen molar-refractivity contribution in [1.29, 1.82) is 5.26 Å². The van der Waals surface area contributed by atoms with Gasteiger partial charge >= 0.3 is 5.97 Å². The van der Waals surface area contributed by atoms with Crippen molar-refractivity contribution in [3.63, 3.8) is 0 Å². The summed E-state index contributed by atoms with van der Waals surface area (Å²) in [6.07, 6.45) is -0.301. The molecule has 0 aliphatic carbocycles. The quantitative estimate of drug-likeness (QED) is 0.793. The summed E-state index contributed by atoms with van der Waals surface area (Å²) in [5.74, 6) is -1.43. The summed E-state index contributed by atoms with van der Waals surface area (Å²) in [5.41, 5.74) is 0.506. The Morgan fingerprint density at radius 1 is 1.38 bits per heavy atom. The van der Waals surface area contributed by atoms with E-state index in [4.69, 9.17) is 15.1 Å². The Morgan fingerprint density at radius 2 is 2.00 bits per heavy atom. The van der Waals surface area contributed by atoms with Crippen LogP contribution in [0.4, 0.5) is 0 Å². The molecule has 2 atom stereocenters. The number of benzene rings is 1. The second kappa shape index (κ2) is 7.90. The van der Waals surface area contributed by atoms with Gasteiger partial charge in [-0.15, -0.1) is 0 Å². The summed E-state index contributed by atoms with van der Waals surface area (Å²) in [5, 5.41) is 20.1. The van der Waals surface area contributed by atoms with E-state index in [0.717, 1.165) is 0 Å². The zero-order valence-corrected chi connectivity index (χ0v) is 12.0. The minimum atomic E-state index is -0.932. The van der Waals surface area contributed by atoms with Crippen molar-refractivity contribution >= 4 is 11.9 Å². The summed E-state index contributed by atoms with van der Waals surface area (Å²) in [6.45, 7) is 3.41. The van der Waals surface area contributed by atoms with Gasteiger partial charge in [-0.2, -0.15) is 5.26 Å². The van der Waals surface area contributed by atoms with Crippen LogP contribution in [0.25, 0.3) is 0 Å². The Bertz CT molecular complexity index is 534. The second-order valence-electron chi connectivity index (χ2n) is 4.58. The number of amides is 1. The molecule has 0 saturated carbocycles. The molecule has 0 bridgehead atoms. The van der Waals surface area contributed by atoms with E-state index in [1.165, 1.54) is 0 Å². The van der Waals surface area contributed by atoms with Gasteiger partial charge in [-0.1, -0.05) is 6.92 Å². The fraction of sp³-hybridized carbons (Fsp3) is 0.400. The second-order valence-corrected chi connectivity index (χ2v) is 4.58. The van der Waals surface area contributed by atoms with Crippen molar-refractivity contribution in [3.05, 3.63) is 29.8 Å². The summed E-state index contributed by atoms with van der Waals surface area (Å²) in [4.78, 5) is 22.7. The Morgan fingerprint density at radius 3 is 2.48 bits per heavy atom. The van der Waals surface area contributed by atoms with Crippen LogP contribution in [0.3, 0.4) is 0 Å². The van der Waals surface area contributed by atoms with E-state index in [1.807, 2.05) is 6.07 Å². The van der Waals surface area contributed by atoms with Gasteiger partial charge in [-0.25, -0.2) is 0 Å². The lowest BCUT2D eigenvalue weighted by atomic mass is 10.1. The number of aliphatic carboxylic acids is 1. The molecular weight excluding hydrogens is 272 g/mol. The first-order valence-corrected chi connectivity index (χ1v) is 6.65. The number of carboxylic acids is 1. The van der Waals surface area contributed by atoms with Crippen LogP contribution < -0.4 is 10.1 Å². The molecule has 21 heavy (non-hydrogen) atoms. The number of nitriles is 1. The fourth-order valence-electron chi connectivity index (χ4n) is 1.64. The van der Waals surface area contributed by atoms with Gasteiger partial charge in [0.2, 0.25) is 0 Å². The lowest BCUT2D eigenvalue weighted by Gasteiger charge is -2.16. The predicted octanol–water partition coefficient (Wildman–Crippen LogP) is 1.55. The Labute approximate surface area is 123 Å². The van der Waals surface area contributed by atoms with Crippen LogP contribution in [0.2, 0.25) is 0 Å². The van der Waals surface area contributed by atoms with E-state index in [0.29, 0.717) is 17.7 Å². The number of rotatable bonds is 7. The number of hydrogen-bond acceptors (Lipinski definition) is 4. The maximum absolute atomic E-state index is 11.8. The van der Waals surface area contributed by atoms with E-state index < -0.39 is 18.0 Å². The fourth-order valence-corrected chi connectivity index (χ4v) is 1.64. The molecule has 0 aliphatic rings. The lowest BCUT2D eigenvalue weighted by Crippen LogP contribution is -2.40. The van der Waals surface area contributed by atoms with Crippen LogP contribution in [0.15, 0.2) is 24.3 Å². The number of carbonyl (C=O) groups is 2. The standard InChI is InChI=1S/C15H18N2O4/c1-3-12(15(19)20)9-17-14(18)10(2)21-13-6-4-11(8-16)5-7-13/h4-7,10,12H,3,9H2,1-2H3,(H,17,18)(H,19,20). The molecule has 2 N–H and O–H groups in total. The van der Waals surface area contributed by atoms with Crippen molar-refractivity contribution in [2.45, 2.75) is 26.4 Å². The molecule has 0 spiro atoms. The molecule has 6 nitrogen and oxygen atoms in total. The highest BCUT2D eigenvalue weighted by Crippen LogP contribution is 2.13. The first kappa shape index (κ1) is 16.5. The third-order valence-electron chi connectivity index (χ3n) is 3.03. The topological polar surface area (TPSA) is 99.4 Å². The third-order valence-corrected chi connectivity index (χ3v) is 3.03. The number of hydrogen-bond donors (Lipinski definition) is 2. The minimum Gasteiger partial charge on any atom is -0.481 e. The molecule has 0 heterocycles. The van der Waals surface area contributed by atoms with Gasteiger partial charge in [-0.3, -0.25) is 9.59 Å². The number of nitrogens with one attached hydrogen (secondary N) is 1. The van der Waals surface area contributed by atoms with E-state index >= 15 is 0 Å². The summed E-state index contributed by atoms with van der Waals surface area (Å²) >= 11 is 0. The molecular formula is C15H18N2O4. The van der Waals surface area contributed by atoms with Gasteiger partial charge in [0.25, 0.3) is 5.91 Å². The summed E-state index contributed by atoms with van der Waals surface area (Å²) in [7, 11) is 0. The summed E-state index contributed by atoms with van der Waals surface area (Å²) < 4.78 is 5.43. The van der Waals surface area contributed by atoms with E-state index in [9.17, 15) is 9.59 Å². The van der Waals surface area contributed by atoms with Gasteiger partial charge in [0.1, 0.15) is 5.75 Å². The molecule has 1 aromatic carbocycles. The largest absolute Gasteiger partial charge is 0.481 e. The van der Waals surface area contributed by atoms with Crippen LogP contribution in [0.5, 0.6) is 5.75 Å². The first-order chi connectivity index (χ1) is 9.97. The maximum atomic E-state index is 11.8. The highest BCUT2D eigenvalue weighted by molar-refractivity contribution is 5.81. The average molecular weight is 290 g/mol. The summed E-state index contributed by atoms with van der Waals surface area (Å²) in [6, 6.07) is 8.39. The normalized spacial score (nSPS) is 12.8. The van der Waals surface area contributed by atoms with Crippen molar-refractivity contribution in [1.82, 2.24) is 5.32 Å². The molecule has 1 amide bonds. The SMILES string of the molecule is CCC(CNC(=O)C(C)Oc1ccc(C#N)cc1)C(=O)O. The number of carboxylic acid groups (broad SMARTS) is 1. The molecule has 1 rings (SSSR count). The zero-order chi connectivity index (χ0) is 15.8. The number of ether oxygens (including phenoxy) is 1. The van der Waals surface area contributed by atoms with Gasteiger partial charge in [-0.05, 0) is 37.6 Å². The van der Waals surface area contributed by atoms with Gasteiger partial charge < -0.3 is 15.2 Å². The van der Waals surface area contributed by atoms with Crippen LogP contribution in [0, 0.1) is 17.2 Å². The molecule has 0 aromatic heterocycles. The minimum absolute atomic E-state index is 0.0751. The van der Waals surface area contributed by atoms with E-state index in [2.05, 4.69) is 5.32 Å². The molecule has 0 radical (unpaired) electrons. The third kappa shape index (κ3) is 5.15. The highest BCUT2D eigenvalue weighted by atomic mass is 16.5. The zero-order valence-electron chi connectivity index (χ0n) is 12.0. The smallest absolute Gasteiger partial charge is 0.308 e. The Balaban J connectivity index is 2.50. The molecule has 2 unspecified atom stereocenters. The van der Waals surface area contributed by atoms with Crippen molar-refractivity contribution in [3.8, 4) is 11.8 Å². The Hall–Kier alpha value is -2.55.